The summed E-state index contributed by atoms with van der Waals surface area (Å²) in [5.41, 5.74) is 2.34. The summed E-state index contributed by atoms with van der Waals surface area (Å²) in [7, 11) is -3.06. The third-order valence-corrected chi connectivity index (χ3v) is 2.72. The van der Waals surface area contributed by atoms with Crippen molar-refractivity contribution in [3.05, 3.63) is 23.7 Å². The fraction of sp³-hybridized carbons (Fsp3) is 0.333. The first kappa shape index (κ1) is 10.1. The van der Waals surface area contributed by atoms with E-state index in [-0.39, 0.29) is 5.75 Å². The molecule has 0 bridgehead atoms. The molecule has 1 N–H and O–H groups in total. The van der Waals surface area contributed by atoms with E-state index in [9.17, 15) is 8.42 Å². The van der Waals surface area contributed by atoms with Crippen molar-refractivity contribution in [2.24, 2.45) is 0 Å². The third kappa shape index (κ3) is 2.33. The van der Waals surface area contributed by atoms with Crippen LogP contribution in [0.15, 0.2) is 12.3 Å². The number of aryl methyl sites for hydroxylation is 1. The molecule has 2 heterocycles. The van der Waals surface area contributed by atoms with E-state index in [0.717, 1.165) is 11.1 Å². The maximum atomic E-state index is 11.1. The maximum Gasteiger partial charge on any atom is 0.177 e. The van der Waals surface area contributed by atoms with Gasteiger partial charge in [-0.05, 0) is 18.6 Å². The Bertz CT molecular complexity index is 601. The quantitative estimate of drug-likeness (QED) is 0.820. The summed E-state index contributed by atoms with van der Waals surface area (Å²) in [6.07, 6.45) is 2.88. The van der Waals surface area contributed by atoms with Crippen molar-refractivity contribution in [2.45, 2.75) is 12.7 Å². The van der Waals surface area contributed by atoms with Gasteiger partial charge in [0.05, 0.1) is 5.52 Å². The minimum absolute atomic E-state index is 0.0809. The monoisotopic (exact) mass is 225 g/mol. The molecule has 5 nitrogen and oxygen atoms in total. The highest BCUT2D eigenvalue weighted by molar-refractivity contribution is 7.89. The number of pyridine rings is 1. The average Bonchev–Trinajstić information content (AvgIpc) is 2.42. The summed E-state index contributed by atoms with van der Waals surface area (Å²) in [5.74, 6) is 0.355. The van der Waals surface area contributed by atoms with Crippen LogP contribution in [0.5, 0.6) is 0 Å². The molecule has 0 atom stereocenters. The number of aromatic nitrogens is 3. The van der Waals surface area contributed by atoms with Crippen molar-refractivity contribution in [1.82, 2.24) is 15.0 Å². The number of nitrogens with zero attached hydrogens (tertiary/aromatic N) is 2. The van der Waals surface area contributed by atoms with Gasteiger partial charge < -0.3 is 4.98 Å². The smallest absolute Gasteiger partial charge is 0.177 e. The zero-order valence-electron chi connectivity index (χ0n) is 8.48. The van der Waals surface area contributed by atoms with E-state index in [0.29, 0.717) is 11.5 Å². The van der Waals surface area contributed by atoms with Gasteiger partial charge in [-0.25, -0.2) is 18.4 Å². The Labute approximate surface area is 87.5 Å². The average molecular weight is 225 g/mol. The first-order chi connectivity index (χ1) is 6.94. The molecule has 2 rings (SSSR count). The van der Waals surface area contributed by atoms with Crippen molar-refractivity contribution in [1.29, 1.82) is 0 Å². The lowest BCUT2D eigenvalue weighted by atomic mass is 10.3. The van der Waals surface area contributed by atoms with E-state index in [1.54, 1.807) is 6.20 Å². The highest BCUT2D eigenvalue weighted by Crippen LogP contribution is 2.11. The lowest BCUT2D eigenvalue weighted by Crippen LogP contribution is -2.01. The normalized spacial score (nSPS) is 12.1. The van der Waals surface area contributed by atoms with Gasteiger partial charge in [0, 0.05) is 12.5 Å². The number of hydrogen-bond donors (Lipinski definition) is 1. The van der Waals surface area contributed by atoms with Gasteiger partial charge in [-0.1, -0.05) is 0 Å². The van der Waals surface area contributed by atoms with Crippen LogP contribution in [0.2, 0.25) is 0 Å². The van der Waals surface area contributed by atoms with Crippen LogP contribution in [0.25, 0.3) is 11.2 Å². The SMILES string of the molecule is Cc1cnc2nc(CS(C)(=O)=O)[nH]c2c1. The zero-order chi connectivity index (χ0) is 11.1. The van der Waals surface area contributed by atoms with E-state index in [4.69, 9.17) is 0 Å². The number of aromatic amines is 1. The van der Waals surface area contributed by atoms with Gasteiger partial charge >= 0.3 is 0 Å². The van der Waals surface area contributed by atoms with Crippen molar-refractivity contribution in [3.8, 4) is 0 Å². The number of imidazole rings is 1. The Hall–Kier alpha value is -1.43. The van der Waals surface area contributed by atoms with Crippen molar-refractivity contribution in [2.75, 3.05) is 6.26 Å². The van der Waals surface area contributed by atoms with Crippen LogP contribution in [-0.4, -0.2) is 29.6 Å². The van der Waals surface area contributed by atoms with E-state index in [1.807, 2.05) is 13.0 Å². The number of H-pyrrole nitrogens is 1. The third-order valence-electron chi connectivity index (χ3n) is 1.92. The Morgan fingerprint density at radius 2 is 2.20 bits per heavy atom. The van der Waals surface area contributed by atoms with E-state index < -0.39 is 9.84 Å². The summed E-state index contributed by atoms with van der Waals surface area (Å²) < 4.78 is 22.1. The molecule has 0 radical (unpaired) electrons. The first-order valence-electron chi connectivity index (χ1n) is 4.43. The molecular formula is C9H11N3O2S. The van der Waals surface area contributed by atoms with Crippen LogP contribution in [0.1, 0.15) is 11.4 Å². The second-order valence-electron chi connectivity index (χ2n) is 3.64. The van der Waals surface area contributed by atoms with E-state index in [1.165, 1.54) is 6.26 Å². The van der Waals surface area contributed by atoms with E-state index >= 15 is 0 Å². The number of hydrogen-bond acceptors (Lipinski definition) is 4. The molecule has 0 aliphatic carbocycles. The Morgan fingerprint density at radius 3 is 2.87 bits per heavy atom. The molecule has 15 heavy (non-hydrogen) atoms. The van der Waals surface area contributed by atoms with Crippen LogP contribution in [0.4, 0.5) is 0 Å². The van der Waals surface area contributed by atoms with Gasteiger partial charge in [0.2, 0.25) is 0 Å². The summed E-state index contributed by atoms with van der Waals surface area (Å²) in [4.78, 5) is 11.1. The standard InChI is InChI=1S/C9H11N3O2S/c1-6-3-7-9(10-4-6)12-8(11-7)5-15(2,13)14/h3-4H,5H2,1-2H3,(H,10,11,12). The largest absolute Gasteiger partial charge is 0.340 e. The zero-order valence-corrected chi connectivity index (χ0v) is 9.30. The molecule has 6 heteroatoms. The number of rotatable bonds is 2. The molecule has 2 aromatic rings. The highest BCUT2D eigenvalue weighted by atomic mass is 32.2. The van der Waals surface area contributed by atoms with Crippen molar-refractivity contribution >= 4 is 21.0 Å². The van der Waals surface area contributed by atoms with Gasteiger partial charge in [0.25, 0.3) is 0 Å². The maximum absolute atomic E-state index is 11.1. The van der Waals surface area contributed by atoms with Crippen LogP contribution < -0.4 is 0 Å². The molecule has 0 amide bonds. The predicted octanol–water partition coefficient (Wildman–Crippen LogP) is 0.811. The van der Waals surface area contributed by atoms with Crippen LogP contribution in [0, 0.1) is 6.92 Å². The topological polar surface area (TPSA) is 75.7 Å². The predicted molar refractivity (Wildman–Crippen MR) is 57.2 cm³/mol. The van der Waals surface area contributed by atoms with Crippen LogP contribution >= 0.6 is 0 Å². The van der Waals surface area contributed by atoms with Gasteiger partial charge in [-0.3, -0.25) is 0 Å². The molecule has 0 saturated heterocycles. The first-order valence-corrected chi connectivity index (χ1v) is 6.49. The van der Waals surface area contributed by atoms with Crippen LogP contribution in [0.3, 0.4) is 0 Å². The minimum Gasteiger partial charge on any atom is -0.340 e. The second kappa shape index (κ2) is 3.30. The second-order valence-corrected chi connectivity index (χ2v) is 5.78. The lowest BCUT2D eigenvalue weighted by molar-refractivity contribution is 0.600. The molecular weight excluding hydrogens is 214 g/mol. The molecule has 2 aromatic heterocycles. The molecule has 80 valence electrons. The number of sulfone groups is 1. The van der Waals surface area contributed by atoms with Gasteiger partial charge in [0.15, 0.2) is 15.5 Å². The molecule has 0 unspecified atom stereocenters. The Kier molecular flexibility index (Phi) is 2.22. The molecule has 0 aliphatic rings. The molecule has 0 aromatic carbocycles. The van der Waals surface area contributed by atoms with Gasteiger partial charge in [0.1, 0.15) is 11.6 Å². The molecule has 0 saturated carbocycles. The molecule has 0 spiro atoms. The van der Waals surface area contributed by atoms with Crippen molar-refractivity contribution in [3.63, 3.8) is 0 Å². The fourth-order valence-corrected chi connectivity index (χ4v) is 2.00. The summed E-state index contributed by atoms with van der Waals surface area (Å²) in [6, 6.07) is 1.89. The number of fused-ring (bicyclic) bond motifs is 1. The lowest BCUT2D eigenvalue weighted by Gasteiger charge is -1.91. The van der Waals surface area contributed by atoms with Gasteiger partial charge in [-0.15, -0.1) is 0 Å². The minimum atomic E-state index is -3.06. The molecule has 0 aliphatic heterocycles. The summed E-state index contributed by atoms with van der Waals surface area (Å²) >= 11 is 0. The van der Waals surface area contributed by atoms with E-state index in [2.05, 4.69) is 15.0 Å². The van der Waals surface area contributed by atoms with Crippen molar-refractivity contribution < 1.29 is 8.42 Å². The van der Waals surface area contributed by atoms with Gasteiger partial charge in [-0.2, -0.15) is 0 Å². The Morgan fingerprint density at radius 1 is 1.47 bits per heavy atom. The highest BCUT2D eigenvalue weighted by Gasteiger charge is 2.09. The molecule has 0 fully saturated rings. The summed E-state index contributed by atoms with van der Waals surface area (Å²) in [5, 5.41) is 0. The summed E-state index contributed by atoms with van der Waals surface area (Å²) in [6.45, 7) is 1.92. The Balaban J connectivity index is 2.48. The fourth-order valence-electron chi connectivity index (χ4n) is 1.37. The van der Waals surface area contributed by atoms with Crippen LogP contribution in [-0.2, 0) is 15.6 Å². The number of nitrogens with one attached hydrogen (secondary N) is 1.